The Morgan fingerprint density at radius 1 is 1.21 bits per heavy atom. The number of aliphatic imine (C=N–C) groups is 1. The van der Waals surface area contributed by atoms with Gasteiger partial charge in [-0.2, -0.15) is 0 Å². The van der Waals surface area contributed by atoms with Gasteiger partial charge in [0.25, 0.3) is 5.91 Å². The van der Waals surface area contributed by atoms with Crippen molar-refractivity contribution in [1.82, 2.24) is 25.9 Å². The number of amides is 2. The lowest BCUT2D eigenvalue weighted by atomic mass is 9.88. The van der Waals surface area contributed by atoms with Gasteiger partial charge in [-0.3, -0.25) is 19.9 Å². The third-order valence-electron chi connectivity index (χ3n) is 6.99. The van der Waals surface area contributed by atoms with Crippen LogP contribution in [0.25, 0.3) is 10.1 Å². The van der Waals surface area contributed by atoms with Crippen LogP contribution in [0.4, 0.5) is 0 Å². The summed E-state index contributed by atoms with van der Waals surface area (Å²) >= 11 is 7.80. The van der Waals surface area contributed by atoms with E-state index >= 15 is 0 Å². The molecule has 1 saturated heterocycles. The van der Waals surface area contributed by atoms with Gasteiger partial charge in [0.1, 0.15) is 11.2 Å². The SMILES string of the molecule is NN=NC1=C(Cl)NC(C(=O)NC2=NC3(CCN(C(=O)Cc4csc5ccccc45)CC3)CN2N)C(N=NN)N1. The molecule has 2 aromatic rings. The summed E-state index contributed by atoms with van der Waals surface area (Å²) in [7, 11) is 0. The third kappa shape index (κ3) is 5.43. The van der Waals surface area contributed by atoms with Gasteiger partial charge in [-0.1, -0.05) is 40.2 Å². The van der Waals surface area contributed by atoms with Gasteiger partial charge in [0.2, 0.25) is 11.9 Å². The van der Waals surface area contributed by atoms with Crippen LogP contribution in [0.2, 0.25) is 0 Å². The monoisotopic (exact) mass is 573 g/mol. The molecule has 206 valence electrons. The van der Waals surface area contributed by atoms with Crippen molar-refractivity contribution in [2.45, 2.75) is 37.0 Å². The number of nitrogens with zero attached hydrogens (tertiary/aromatic N) is 7. The molecule has 3 aliphatic rings. The van der Waals surface area contributed by atoms with E-state index in [1.54, 1.807) is 11.3 Å². The van der Waals surface area contributed by atoms with Crippen LogP contribution in [0.1, 0.15) is 18.4 Å². The van der Waals surface area contributed by atoms with E-state index in [9.17, 15) is 9.59 Å². The molecule has 5 rings (SSSR count). The number of fused-ring (bicyclic) bond motifs is 1. The van der Waals surface area contributed by atoms with E-state index in [2.05, 4.69) is 48.1 Å². The molecule has 1 aromatic heterocycles. The number of hydrazine groups is 1. The zero-order valence-electron chi connectivity index (χ0n) is 20.7. The summed E-state index contributed by atoms with van der Waals surface area (Å²) < 4.78 is 1.17. The Morgan fingerprint density at radius 3 is 2.72 bits per heavy atom. The van der Waals surface area contributed by atoms with E-state index < -0.39 is 23.7 Å². The summed E-state index contributed by atoms with van der Waals surface area (Å²) in [4.78, 5) is 32.8. The molecule has 0 bridgehead atoms. The smallest absolute Gasteiger partial charge is 0.253 e. The van der Waals surface area contributed by atoms with Crippen molar-refractivity contribution in [2.24, 2.45) is 43.2 Å². The molecule has 1 spiro atoms. The molecule has 0 saturated carbocycles. The fraction of sp³-hybridized carbons (Fsp3) is 0.409. The lowest BCUT2D eigenvalue weighted by Gasteiger charge is -2.37. The van der Waals surface area contributed by atoms with Crippen LogP contribution in [0.15, 0.2) is 66.3 Å². The first kappa shape index (κ1) is 26.6. The summed E-state index contributed by atoms with van der Waals surface area (Å²) in [5.41, 5.74) is 0.536. The van der Waals surface area contributed by atoms with E-state index in [4.69, 9.17) is 34.1 Å². The van der Waals surface area contributed by atoms with Gasteiger partial charge in [-0.15, -0.1) is 21.6 Å². The highest BCUT2D eigenvalue weighted by atomic mass is 35.5. The molecule has 9 N–H and O–H groups in total. The fourth-order valence-corrected chi connectivity index (χ4v) is 6.14. The maximum Gasteiger partial charge on any atom is 0.253 e. The minimum atomic E-state index is -1.01. The summed E-state index contributed by atoms with van der Waals surface area (Å²) in [5, 5.41) is 26.8. The molecule has 2 unspecified atom stereocenters. The number of halogens is 1. The van der Waals surface area contributed by atoms with Crippen LogP contribution >= 0.6 is 22.9 Å². The number of guanidine groups is 1. The second kappa shape index (κ2) is 11.0. The first-order valence-corrected chi connectivity index (χ1v) is 13.4. The number of hydrogen-bond acceptors (Lipinski definition) is 12. The van der Waals surface area contributed by atoms with Crippen LogP contribution in [0, 0.1) is 0 Å². The molecular weight excluding hydrogens is 546 g/mol. The van der Waals surface area contributed by atoms with E-state index in [0.717, 1.165) is 10.9 Å². The largest absolute Gasteiger partial charge is 0.358 e. The highest BCUT2D eigenvalue weighted by molar-refractivity contribution is 7.17. The molecule has 1 aromatic carbocycles. The van der Waals surface area contributed by atoms with E-state index in [1.165, 1.54) is 9.71 Å². The zero-order valence-corrected chi connectivity index (χ0v) is 22.3. The molecule has 15 nitrogen and oxygen atoms in total. The normalized spacial score (nSPS) is 23.0. The van der Waals surface area contributed by atoms with Crippen molar-refractivity contribution in [2.75, 3.05) is 19.6 Å². The molecular formula is C22H28ClN13O2S. The first-order chi connectivity index (χ1) is 18.8. The Bertz CT molecular complexity index is 1380. The van der Waals surface area contributed by atoms with Crippen molar-refractivity contribution in [3.63, 3.8) is 0 Å². The van der Waals surface area contributed by atoms with Gasteiger partial charge in [-0.05, 0) is 35.2 Å². The van der Waals surface area contributed by atoms with Crippen LogP contribution in [-0.2, 0) is 16.0 Å². The maximum absolute atomic E-state index is 13.1. The minimum absolute atomic E-state index is 0.00902. The topological polar surface area (TPSA) is 217 Å². The predicted molar refractivity (Wildman–Crippen MR) is 145 cm³/mol. The zero-order chi connectivity index (χ0) is 27.6. The summed E-state index contributed by atoms with van der Waals surface area (Å²) in [5.74, 6) is 16.4. The second-order valence-electron chi connectivity index (χ2n) is 9.41. The maximum atomic E-state index is 13.1. The Labute approximate surface area is 232 Å². The van der Waals surface area contributed by atoms with Gasteiger partial charge in [0.05, 0.1) is 18.5 Å². The van der Waals surface area contributed by atoms with Gasteiger partial charge >= 0.3 is 0 Å². The molecule has 0 aliphatic carbocycles. The fourth-order valence-electron chi connectivity index (χ4n) is 4.97. The van der Waals surface area contributed by atoms with Crippen LogP contribution in [0.3, 0.4) is 0 Å². The Kier molecular flexibility index (Phi) is 7.49. The number of nitrogens with two attached hydrogens (primary N) is 3. The van der Waals surface area contributed by atoms with E-state index in [1.807, 2.05) is 23.1 Å². The van der Waals surface area contributed by atoms with E-state index in [-0.39, 0.29) is 22.8 Å². The summed E-state index contributed by atoms with van der Waals surface area (Å²) in [6.07, 6.45) is 0.645. The third-order valence-corrected chi connectivity index (χ3v) is 8.29. The predicted octanol–water partition coefficient (Wildman–Crippen LogP) is 0.371. The molecule has 17 heteroatoms. The average Bonchev–Trinajstić information content (AvgIpc) is 3.46. The Morgan fingerprint density at radius 2 is 1.97 bits per heavy atom. The number of hydrogen-bond donors (Lipinski definition) is 6. The van der Waals surface area contributed by atoms with Crippen molar-refractivity contribution < 1.29 is 9.59 Å². The number of thiophene rings is 1. The molecule has 2 atom stereocenters. The van der Waals surface area contributed by atoms with Gasteiger partial charge in [0, 0.05) is 17.8 Å². The lowest BCUT2D eigenvalue weighted by Crippen LogP contribution is -2.60. The molecule has 1 fully saturated rings. The standard InChI is InChI=1S/C22H28ClN13O2S/c23-17-19(32-34-25)28-18(31-33-24)16(27-17)20(38)29-21-30-22(11-36(21)26)5-7-35(8-6-22)15(37)9-12-10-39-14-4-2-1-3-13(12)14/h1-4,10,16,18,27-28H,5-9,11,26H2,(H2,24,31)(H2,25,32)(H,29,30,38). The number of carbonyl (C=O) groups excluding carboxylic acids is 2. The molecule has 39 heavy (non-hydrogen) atoms. The molecule has 0 radical (unpaired) electrons. The summed E-state index contributed by atoms with van der Waals surface area (Å²) in [6, 6.07) is 7.08. The highest BCUT2D eigenvalue weighted by Crippen LogP contribution is 2.32. The molecule has 2 amide bonds. The van der Waals surface area contributed by atoms with Crippen LogP contribution in [0.5, 0.6) is 0 Å². The average molecular weight is 574 g/mol. The minimum Gasteiger partial charge on any atom is -0.358 e. The number of nitrogens with one attached hydrogen (secondary N) is 3. The molecule has 4 heterocycles. The second-order valence-corrected chi connectivity index (χ2v) is 10.7. The number of likely N-dealkylation sites (tertiary alicyclic amines) is 1. The lowest BCUT2D eigenvalue weighted by molar-refractivity contribution is -0.132. The van der Waals surface area contributed by atoms with Gasteiger partial charge in [0.15, 0.2) is 12.0 Å². The first-order valence-electron chi connectivity index (χ1n) is 12.1. The van der Waals surface area contributed by atoms with Gasteiger partial charge < -0.3 is 27.2 Å². The van der Waals surface area contributed by atoms with Crippen LogP contribution < -0.4 is 33.5 Å². The number of benzene rings is 1. The molecule has 3 aliphatic heterocycles. The van der Waals surface area contributed by atoms with Gasteiger partial charge in [-0.25, -0.2) is 10.8 Å². The van der Waals surface area contributed by atoms with Crippen molar-refractivity contribution in [3.8, 4) is 0 Å². The number of carbonyl (C=O) groups is 2. The number of piperidine rings is 1. The number of rotatable bonds is 5. The highest BCUT2D eigenvalue weighted by Gasteiger charge is 2.43. The van der Waals surface area contributed by atoms with Crippen molar-refractivity contribution in [1.29, 1.82) is 0 Å². The van der Waals surface area contributed by atoms with Crippen LogP contribution in [-0.4, -0.2) is 65.1 Å². The van der Waals surface area contributed by atoms with E-state index in [0.29, 0.717) is 38.9 Å². The summed E-state index contributed by atoms with van der Waals surface area (Å²) in [6.45, 7) is 1.50. The Hall–Kier alpha value is -4.02. The quantitative estimate of drug-likeness (QED) is 0.127. The van der Waals surface area contributed by atoms with Crippen molar-refractivity contribution >= 4 is 50.8 Å². The Balaban J connectivity index is 1.22. The van der Waals surface area contributed by atoms with Crippen molar-refractivity contribution in [3.05, 3.63) is 46.2 Å².